The van der Waals surface area contributed by atoms with Gasteiger partial charge in [0.15, 0.2) is 0 Å². The Morgan fingerprint density at radius 2 is 1.71 bits per heavy atom. The fourth-order valence-electron chi connectivity index (χ4n) is 3.77. The molecule has 4 rings (SSSR count). The fraction of sp³-hybridized carbons (Fsp3) is 0.348. The quantitative estimate of drug-likeness (QED) is 0.486. The van der Waals surface area contributed by atoms with Gasteiger partial charge in [0, 0.05) is 29.8 Å². The number of anilines is 2. The second-order valence-electron chi connectivity index (χ2n) is 7.98. The third kappa shape index (κ3) is 5.97. The molecule has 11 heteroatoms. The van der Waals surface area contributed by atoms with Crippen molar-refractivity contribution in [1.29, 1.82) is 0 Å². The van der Waals surface area contributed by atoms with Crippen molar-refractivity contribution in [2.75, 3.05) is 5.32 Å². The normalized spacial score (nSPS) is 18.2. The van der Waals surface area contributed by atoms with Gasteiger partial charge in [0.1, 0.15) is 17.9 Å². The monoisotopic (exact) mass is 473 g/mol. The zero-order valence-electron chi connectivity index (χ0n) is 18.2. The number of carbonyl (C=O) groups excluding carboxylic acids is 1. The minimum atomic E-state index is -4.55. The summed E-state index contributed by atoms with van der Waals surface area (Å²) in [5.41, 5.74) is 1.87. The van der Waals surface area contributed by atoms with Gasteiger partial charge in [-0.1, -0.05) is 6.07 Å². The molecule has 8 nitrogen and oxygen atoms in total. The molecule has 0 atom stereocenters. The largest absolute Gasteiger partial charge is 0.465 e. The summed E-state index contributed by atoms with van der Waals surface area (Å²) < 4.78 is 49.6. The highest BCUT2D eigenvalue weighted by molar-refractivity contribution is 5.70. The number of aromatic nitrogens is 4. The summed E-state index contributed by atoms with van der Waals surface area (Å²) in [4.78, 5) is 26.5. The number of halogens is 3. The van der Waals surface area contributed by atoms with Crippen molar-refractivity contribution in [1.82, 2.24) is 19.9 Å². The lowest BCUT2D eigenvalue weighted by atomic mass is 9.95. The van der Waals surface area contributed by atoms with Gasteiger partial charge in [-0.05, 0) is 61.9 Å². The summed E-state index contributed by atoms with van der Waals surface area (Å²) in [6.45, 7) is 2.34. The second-order valence-corrected chi connectivity index (χ2v) is 7.98. The zero-order chi connectivity index (χ0) is 24.1. The van der Waals surface area contributed by atoms with Gasteiger partial charge in [-0.25, -0.2) is 19.9 Å². The van der Waals surface area contributed by atoms with Crippen LogP contribution < -0.4 is 10.1 Å². The summed E-state index contributed by atoms with van der Waals surface area (Å²) in [5.74, 6) is -0.153. The molecule has 0 saturated heterocycles. The topological polar surface area (TPSA) is 99.1 Å². The Kier molecular flexibility index (Phi) is 6.90. The Hall–Kier alpha value is -3.76. The van der Waals surface area contributed by atoms with Gasteiger partial charge in [-0.3, -0.25) is 4.79 Å². The molecule has 1 N–H and O–H groups in total. The molecule has 1 aliphatic carbocycles. The second kappa shape index (κ2) is 10.0. The van der Waals surface area contributed by atoms with E-state index in [0.717, 1.165) is 49.1 Å². The summed E-state index contributed by atoms with van der Waals surface area (Å²) in [6, 6.07) is 6.51. The van der Waals surface area contributed by atoms with Gasteiger partial charge in [-0.2, -0.15) is 13.2 Å². The van der Waals surface area contributed by atoms with Crippen LogP contribution in [0.15, 0.2) is 42.9 Å². The summed E-state index contributed by atoms with van der Waals surface area (Å²) in [5, 5.41) is 2.83. The van der Waals surface area contributed by atoms with Crippen molar-refractivity contribution < 1.29 is 27.4 Å². The molecule has 1 saturated carbocycles. The molecule has 0 amide bonds. The summed E-state index contributed by atoms with van der Waals surface area (Å²) in [7, 11) is 0. The first-order chi connectivity index (χ1) is 16.3. The molecule has 0 spiro atoms. The third-order valence-corrected chi connectivity index (χ3v) is 5.38. The van der Waals surface area contributed by atoms with Crippen molar-refractivity contribution in [2.24, 2.45) is 0 Å². The predicted octanol–water partition coefficient (Wildman–Crippen LogP) is 4.87. The maximum absolute atomic E-state index is 12.9. The standard InChI is InChI=1S/C23H22F3N5O3/c1-14-8-15(10-17(9-14)30-21-27-7-6-20(31-21)23(24,25)26)16-11-28-22(29-12-16)34-19-4-2-18(3-5-19)33-13-32/h6-13,18-19H,2-5H2,1H3,(H,27,30,31). The van der Waals surface area contributed by atoms with Gasteiger partial charge < -0.3 is 14.8 Å². The molecule has 0 aliphatic heterocycles. The van der Waals surface area contributed by atoms with Crippen LogP contribution in [0.1, 0.15) is 36.9 Å². The van der Waals surface area contributed by atoms with E-state index in [1.165, 1.54) is 0 Å². The Bertz CT molecular complexity index is 1130. The lowest BCUT2D eigenvalue weighted by Crippen LogP contribution is -2.28. The Balaban J connectivity index is 1.44. The Morgan fingerprint density at radius 3 is 2.38 bits per heavy atom. The van der Waals surface area contributed by atoms with Gasteiger partial charge in [0.05, 0.1) is 0 Å². The van der Waals surface area contributed by atoms with Crippen LogP contribution in [-0.4, -0.2) is 38.6 Å². The van der Waals surface area contributed by atoms with Crippen LogP contribution in [0.5, 0.6) is 6.01 Å². The number of carbonyl (C=O) groups is 1. The molecule has 2 heterocycles. The fourth-order valence-corrected chi connectivity index (χ4v) is 3.77. The van der Waals surface area contributed by atoms with Crippen LogP contribution in [0, 0.1) is 6.92 Å². The highest BCUT2D eigenvalue weighted by Gasteiger charge is 2.32. The highest BCUT2D eigenvalue weighted by atomic mass is 19.4. The minimum absolute atomic E-state index is 0.0420. The average molecular weight is 473 g/mol. The molecule has 1 aliphatic rings. The van der Waals surface area contributed by atoms with Crippen molar-refractivity contribution in [3.63, 3.8) is 0 Å². The first-order valence-corrected chi connectivity index (χ1v) is 10.7. The molecule has 178 valence electrons. The van der Waals surface area contributed by atoms with E-state index in [1.807, 2.05) is 13.0 Å². The number of benzene rings is 1. The van der Waals surface area contributed by atoms with Crippen molar-refractivity contribution in [3.05, 3.63) is 54.1 Å². The summed E-state index contributed by atoms with van der Waals surface area (Å²) >= 11 is 0. The van der Waals surface area contributed by atoms with Gasteiger partial charge in [0.2, 0.25) is 5.95 Å². The van der Waals surface area contributed by atoms with Crippen LogP contribution in [0.2, 0.25) is 0 Å². The van der Waals surface area contributed by atoms with E-state index in [-0.39, 0.29) is 24.2 Å². The zero-order valence-corrected chi connectivity index (χ0v) is 18.2. The SMILES string of the molecule is Cc1cc(Nc2nccc(C(F)(F)F)n2)cc(-c2cnc(OC3CCC(OC=O)CC3)nc2)c1. The maximum Gasteiger partial charge on any atom is 0.433 e. The Morgan fingerprint density at radius 1 is 1.00 bits per heavy atom. The predicted molar refractivity (Wildman–Crippen MR) is 116 cm³/mol. The minimum Gasteiger partial charge on any atom is -0.465 e. The lowest BCUT2D eigenvalue weighted by molar-refractivity contribution is -0.141. The van der Waals surface area contributed by atoms with E-state index in [4.69, 9.17) is 9.47 Å². The smallest absolute Gasteiger partial charge is 0.433 e. The maximum atomic E-state index is 12.9. The van der Waals surface area contributed by atoms with Crippen LogP contribution in [-0.2, 0) is 15.7 Å². The average Bonchev–Trinajstić information content (AvgIpc) is 2.80. The van der Waals surface area contributed by atoms with E-state index in [2.05, 4.69) is 25.3 Å². The highest BCUT2D eigenvalue weighted by Crippen LogP contribution is 2.30. The van der Waals surface area contributed by atoms with Crippen molar-refractivity contribution in [2.45, 2.75) is 51.0 Å². The number of nitrogens with one attached hydrogen (secondary N) is 1. The Labute approximate surface area is 193 Å². The number of rotatable bonds is 7. The molecular formula is C23H22F3N5O3. The molecular weight excluding hydrogens is 451 g/mol. The molecule has 1 fully saturated rings. The van der Waals surface area contributed by atoms with Crippen molar-refractivity contribution in [3.8, 4) is 17.1 Å². The van der Waals surface area contributed by atoms with Crippen LogP contribution in [0.3, 0.4) is 0 Å². The van der Waals surface area contributed by atoms with Crippen LogP contribution in [0.4, 0.5) is 24.8 Å². The molecule has 0 unspecified atom stereocenters. The van der Waals surface area contributed by atoms with E-state index in [0.29, 0.717) is 17.7 Å². The molecule has 3 aromatic rings. The number of alkyl halides is 3. The molecule has 2 aromatic heterocycles. The number of hydrogen-bond acceptors (Lipinski definition) is 8. The van der Waals surface area contributed by atoms with Gasteiger partial charge in [0.25, 0.3) is 6.47 Å². The lowest BCUT2D eigenvalue weighted by Gasteiger charge is -2.26. The van der Waals surface area contributed by atoms with Crippen LogP contribution in [0.25, 0.3) is 11.1 Å². The van der Waals surface area contributed by atoms with Gasteiger partial charge >= 0.3 is 12.2 Å². The first-order valence-electron chi connectivity index (χ1n) is 10.7. The van der Waals surface area contributed by atoms with E-state index >= 15 is 0 Å². The van der Waals surface area contributed by atoms with E-state index in [9.17, 15) is 18.0 Å². The molecule has 0 radical (unpaired) electrons. The van der Waals surface area contributed by atoms with Gasteiger partial charge in [-0.15, -0.1) is 0 Å². The first kappa shape index (κ1) is 23.4. The summed E-state index contributed by atoms with van der Waals surface area (Å²) in [6.07, 6.45) is 2.61. The number of nitrogens with zero attached hydrogens (tertiary/aromatic N) is 4. The number of ether oxygens (including phenoxy) is 2. The molecule has 34 heavy (non-hydrogen) atoms. The van der Waals surface area contributed by atoms with Crippen LogP contribution >= 0.6 is 0 Å². The molecule has 1 aromatic carbocycles. The number of hydrogen-bond donors (Lipinski definition) is 1. The third-order valence-electron chi connectivity index (χ3n) is 5.38. The van der Waals surface area contributed by atoms with E-state index < -0.39 is 11.9 Å². The number of aryl methyl sites for hydroxylation is 1. The molecule has 0 bridgehead atoms. The van der Waals surface area contributed by atoms with E-state index in [1.54, 1.807) is 24.5 Å². The van der Waals surface area contributed by atoms with Crippen molar-refractivity contribution >= 4 is 18.1 Å².